The van der Waals surface area contributed by atoms with E-state index < -0.39 is 0 Å². The molecular formula is C17H18BN3O2. The largest absolute Gasteiger partial charge is 0.439 e. The Hall–Kier alpha value is -2.52. The summed E-state index contributed by atoms with van der Waals surface area (Å²) < 4.78 is 5.82. The highest BCUT2D eigenvalue weighted by atomic mass is 16.5. The quantitative estimate of drug-likeness (QED) is 0.857. The van der Waals surface area contributed by atoms with Crippen molar-refractivity contribution in [3.8, 4) is 17.7 Å². The van der Waals surface area contributed by atoms with Crippen LogP contribution in [-0.4, -0.2) is 31.0 Å². The molecule has 1 aliphatic heterocycles. The lowest BCUT2D eigenvalue weighted by atomic mass is 9.91. The summed E-state index contributed by atoms with van der Waals surface area (Å²) in [6.07, 6.45) is 2.24. The molecule has 1 N–H and O–H groups in total. The van der Waals surface area contributed by atoms with Gasteiger partial charge in [0.15, 0.2) is 5.82 Å². The number of anilines is 1. The molecule has 1 aliphatic rings. The molecular weight excluding hydrogens is 289 g/mol. The van der Waals surface area contributed by atoms with Crippen LogP contribution >= 0.6 is 0 Å². The highest BCUT2D eigenvalue weighted by molar-refractivity contribution is 6.33. The maximum Gasteiger partial charge on any atom is 0.221 e. The third-order valence-electron chi connectivity index (χ3n) is 4.09. The van der Waals surface area contributed by atoms with Gasteiger partial charge in [0, 0.05) is 19.2 Å². The molecule has 0 radical (unpaired) electrons. The lowest BCUT2D eigenvalue weighted by Crippen LogP contribution is -2.20. The van der Waals surface area contributed by atoms with Crippen LogP contribution in [0.3, 0.4) is 0 Å². The number of hydrogen-bond acceptors (Lipinski definition) is 5. The molecule has 6 heteroatoms. The molecule has 5 nitrogen and oxygen atoms in total. The van der Waals surface area contributed by atoms with Crippen LogP contribution in [0.2, 0.25) is 0 Å². The lowest BCUT2D eigenvalue weighted by Gasteiger charge is -2.18. The maximum atomic E-state index is 9.35. The van der Waals surface area contributed by atoms with Crippen molar-refractivity contribution in [2.24, 2.45) is 0 Å². The summed E-state index contributed by atoms with van der Waals surface area (Å²) in [5.74, 6) is 1.78. The monoisotopic (exact) mass is 307 g/mol. The molecule has 0 bridgehead atoms. The van der Waals surface area contributed by atoms with Gasteiger partial charge < -0.3 is 14.7 Å². The predicted molar refractivity (Wildman–Crippen MR) is 91.0 cm³/mol. The molecule has 23 heavy (non-hydrogen) atoms. The third kappa shape index (κ3) is 3.30. The van der Waals surface area contributed by atoms with E-state index in [4.69, 9.17) is 4.74 Å². The fourth-order valence-electron chi connectivity index (χ4n) is 2.75. The van der Waals surface area contributed by atoms with Crippen molar-refractivity contribution in [1.82, 2.24) is 4.98 Å². The van der Waals surface area contributed by atoms with Gasteiger partial charge in [-0.05, 0) is 36.6 Å². The molecule has 1 aromatic carbocycles. The van der Waals surface area contributed by atoms with E-state index >= 15 is 0 Å². The molecule has 0 aliphatic carbocycles. The van der Waals surface area contributed by atoms with E-state index in [1.165, 1.54) is 0 Å². The topological polar surface area (TPSA) is 69.4 Å². The molecule has 0 spiro atoms. The highest BCUT2D eigenvalue weighted by Crippen LogP contribution is 2.27. The standard InChI is InChI=1S/C17H18BN3O2/c18-15-5-4-14(9-13(15)11-22)23-16-6-3-12(10-19)17(20-16)21-7-1-2-8-21/h3-6,9,22H,1-2,7-8,11,18H2. The molecule has 3 rings (SSSR count). The highest BCUT2D eigenvalue weighted by Gasteiger charge is 2.18. The zero-order valence-electron chi connectivity index (χ0n) is 13.1. The number of hydrogen-bond donors (Lipinski definition) is 1. The first-order chi connectivity index (χ1) is 11.2. The van der Waals surface area contributed by atoms with Crippen LogP contribution in [0.4, 0.5) is 5.82 Å². The van der Waals surface area contributed by atoms with Gasteiger partial charge in [0.2, 0.25) is 5.88 Å². The minimum absolute atomic E-state index is 0.0249. The molecule has 2 heterocycles. The minimum Gasteiger partial charge on any atom is -0.439 e. The van der Waals surface area contributed by atoms with E-state index in [0.29, 0.717) is 23.0 Å². The van der Waals surface area contributed by atoms with Crippen molar-refractivity contribution in [2.45, 2.75) is 19.4 Å². The van der Waals surface area contributed by atoms with E-state index in [1.807, 2.05) is 26.0 Å². The van der Waals surface area contributed by atoms with E-state index in [2.05, 4.69) is 16.0 Å². The fourth-order valence-corrected chi connectivity index (χ4v) is 2.75. The third-order valence-corrected chi connectivity index (χ3v) is 4.09. The minimum atomic E-state index is -0.0249. The Balaban J connectivity index is 1.88. The number of aliphatic hydroxyl groups is 1. The van der Waals surface area contributed by atoms with Crippen LogP contribution in [0.5, 0.6) is 11.6 Å². The molecule has 116 valence electrons. The first kappa shape index (κ1) is 15.4. The van der Waals surface area contributed by atoms with E-state index in [9.17, 15) is 10.4 Å². The molecule has 0 saturated carbocycles. The van der Waals surface area contributed by atoms with Crippen LogP contribution in [0.15, 0.2) is 30.3 Å². The number of aliphatic hydroxyl groups excluding tert-OH is 1. The van der Waals surface area contributed by atoms with E-state index in [0.717, 1.165) is 37.0 Å². The van der Waals surface area contributed by atoms with E-state index in [-0.39, 0.29) is 6.61 Å². The average Bonchev–Trinajstić information content (AvgIpc) is 3.11. The lowest BCUT2D eigenvalue weighted by molar-refractivity contribution is 0.282. The van der Waals surface area contributed by atoms with Crippen molar-refractivity contribution >= 4 is 19.1 Å². The van der Waals surface area contributed by atoms with Crippen molar-refractivity contribution in [2.75, 3.05) is 18.0 Å². The number of rotatable bonds is 4. The first-order valence-electron chi connectivity index (χ1n) is 7.75. The van der Waals surface area contributed by atoms with Gasteiger partial charge in [-0.1, -0.05) is 11.5 Å². The van der Waals surface area contributed by atoms with Crippen LogP contribution in [0.25, 0.3) is 0 Å². The molecule has 1 aromatic heterocycles. The van der Waals surface area contributed by atoms with Crippen molar-refractivity contribution in [3.63, 3.8) is 0 Å². The average molecular weight is 307 g/mol. The molecule has 1 saturated heterocycles. The first-order valence-corrected chi connectivity index (χ1v) is 7.75. The fraction of sp³-hybridized carbons (Fsp3) is 0.294. The number of ether oxygens (including phenoxy) is 1. The Kier molecular flexibility index (Phi) is 4.49. The SMILES string of the molecule is Bc1ccc(Oc2ccc(C#N)c(N3CCCC3)n2)cc1CO. The van der Waals surface area contributed by atoms with Crippen molar-refractivity contribution in [1.29, 1.82) is 5.26 Å². The summed E-state index contributed by atoms with van der Waals surface area (Å²) in [7, 11) is 1.95. The number of nitrogens with zero attached hydrogens (tertiary/aromatic N) is 3. The Labute approximate surface area is 136 Å². The summed E-state index contributed by atoms with van der Waals surface area (Å²) in [6, 6.07) is 11.2. The molecule has 0 unspecified atom stereocenters. The normalized spacial score (nSPS) is 13.8. The van der Waals surface area contributed by atoms with Gasteiger partial charge in [0.1, 0.15) is 19.7 Å². The van der Waals surface area contributed by atoms with Gasteiger partial charge in [-0.3, -0.25) is 0 Å². The zero-order chi connectivity index (χ0) is 16.2. The summed E-state index contributed by atoms with van der Waals surface area (Å²) in [5, 5.41) is 18.6. The number of nitriles is 1. The second kappa shape index (κ2) is 6.72. The Morgan fingerprint density at radius 2 is 2.04 bits per heavy atom. The number of benzene rings is 1. The van der Waals surface area contributed by atoms with Crippen LogP contribution < -0.4 is 15.1 Å². The Morgan fingerprint density at radius 1 is 1.26 bits per heavy atom. The second-order valence-electron chi connectivity index (χ2n) is 5.68. The molecule has 0 atom stereocenters. The molecule has 1 fully saturated rings. The van der Waals surface area contributed by atoms with Gasteiger partial charge in [0.25, 0.3) is 0 Å². The van der Waals surface area contributed by atoms with Gasteiger partial charge >= 0.3 is 0 Å². The van der Waals surface area contributed by atoms with Crippen LogP contribution in [0.1, 0.15) is 24.0 Å². The zero-order valence-corrected chi connectivity index (χ0v) is 13.1. The van der Waals surface area contributed by atoms with Crippen molar-refractivity contribution < 1.29 is 9.84 Å². The van der Waals surface area contributed by atoms with Crippen LogP contribution in [0, 0.1) is 11.3 Å². The van der Waals surface area contributed by atoms with Gasteiger partial charge in [-0.25, -0.2) is 0 Å². The van der Waals surface area contributed by atoms with Gasteiger partial charge in [-0.15, -0.1) is 0 Å². The van der Waals surface area contributed by atoms with Gasteiger partial charge in [-0.2, -0.15) is 10.2 Å². The Morgan fingerprint density at radius 3 is 2.74 bits per heavy atom. The van der Waals surface area contributed by atoms with E-state index in [1.54, 1.807) is 12.1 Å². The predicted octanol–water partition coefficient (Wildman–Crippen LogP) is 1.10. The molecule has 2 aromatic rings. The smallest absolute Gasteiger partial charge is 0.221 e. The van der Waals surface area contributed by atoms with Crippen LogP contribution in [-0.2, 0) is 6.61 Å². The Bertz CT molecular complexity index is 752. The van der Waals surface area contributed by atoms with Gasteiger partial charge in [0.05, 0.1) is 12.2 Å². The maximum absolute atomic E-state index is 9.35. The summed E-state index contributed by atoms with van der Waals surface area (Å²) in [6.45, 7) is 1.82. The second-order valence-corrected chi connectivity index (χ2v) is 5.68. The van der Waals surface area contributed by atoms with Crippen molar-refractivity contribution in [3.05, 3.63) is 41.5 Å². The number of aromatic nitrogens is 1. The molecule has 0 amide bonds. The summed E-state index contributed by atoms with van der Waals surface area (Å²) in [5.41, 5.74) is 2.42. The summed E-state index contributed by atoms with van der Waals surface area (Å²) >= 11 is 0. The summed E-state index contributed by atoms with van der Waals surface area (Å²) in [4.78, 5) is 6.64. The number of pyridine rings is 1.